The van der Waals surface area contributed by atoms with Crippen molar-refractivity contribution in [3.05, 3.63) is 29.2 Å². The first kappa shape index (κ1) is 13.3. The molecule has 6 nitrogen and oxygen atoms in total. The first-order valence-electron chi connectivity index (χ1n) is 7.21. The van der Waals surface area contributed by atoms with E-state index in [9.17, 15) is 0 Å². The van der Waals surface area contributed by atoms with Crippen molar-refractivity contribution in [2.24, 2.45) is 0 Å². The van der Waals surface area contributed by atoms with Crippen LogP contribution < -0.4 is 0 Å². The molecule has 0 unspecified atom stereocenters. The maximum Gasteiger partial charge on any atom is 0.229 e. The zero-order chi connectivity index (χ0) is 13.9. The standard InChI is InChI=1S/C14H20N4O2/c1-3-18(8-12-7-10(2)16-19-12)9-13-15-14(20-17-13)11-5-4-6-11/h7,11H,3-6,8-9H2,1-2H3. The van der Waals surface area contributed by atoms with Gasteiger partial charge in [-0.15, -0.1) is 0 Å². The molecule has 0 N–H and O–H groups in total. The second-order valence-corrected chi connectivity index (χ2v) is 5.41. The zero-order valence-electron chi connectivity index (χ0n) is 12.0. The molecule has 0 atom stereocenters. The van der Waals surface area contributed by atoms with Gasteiger partial charge in [0.05, 0.1) is 18.8 Å². The maximum atomic E-state index is 5.34. The third-order valence-electron chi connectivity index (χ3n) is 3.81. The van der Waals surface area contributed by atoms with Crippen LogP contribution in [0.4, 0.5) is 0 Å². The highest BCUT2D eigenvalue weighted by atomic mass is 16.5. The highest BCUT2D eigenvalue weighted by molar-refractivity contribution is 5.03. The van der Waals surface area contributed by atoms with E-state index in [1.165, 1.54) is 19.3 Å². The fourth-order valence-corrected chi connectivity index (χ4v) is 2.34. The summed E-state index contributed by atoms with van der Waals surface area (Å²) >= 11 is 0. The zero-order valence-corrected chi connectivity index (χ0v) is 12.0. The Morgan fingerprint density at radius 3 is 2.70 bits per heavy atom. The van der Waals surface area contributed by atoms with Gasteiger partial charge in [0.1, 0.15) is 0 Å². The van der Waals surface area contributed by atoms with E-state index < -0.39 is 0 Å². The molecule has 0 radical (unpaired) electrons. The van der Waals surface area contributed by atoms with Gasteiger partial charge in [0, 0.05) is 12.0 Å². The summed E-state index contributed by atoms with van der Waals surface area (Å²) in [5.74, 6) is 2.91. The Morgan fingerprint density at radius 2 is 2.10 bits per heavy atom. The summed E-state index contributed by atoms with van der Waals surface area (Å²) in [7, 11) is 0. The fraction of sp³-hybridized carbons (Fsp3) is 0.643. The SMILES string of the molecule is CCN(Cc1noc(C2CCC2)n1)Cc1cc(C)no1. The summed E-state index contributed by atoms with van der Waals surface area (Å²) in [6.07, 6.45) is 3.63. The van der Waals surface area contributed by atoms with Gasteiger partial charge >= 0.3 is 0 Å². The van der Waals surface area contributed by atoms with Crippen LogP contribution >= 0.6 is 0 Å². The molecule has 2 aromatic rings. The van der Waals surface area contributed by atoms with Gasteiger partial charge in [0.15, 0.2) is 11.6 Å². The van der Waals surface area contributed by atoms with Gasteiger partial charge in [0.25, 0.3) is 0 Å². The van der Waals surface area contributed by atoms with Gasteiger partial charge in [-0.3, -0.25) is 4.90 Å². The predicted molar refractivity (Wildman–Crippen MR) is 71.9 cm³/mol. The lowest BCUT2D eigenvalue weighted by molar-refractivity contribution is 0.225. The lowest BCUT2D eigenvalue weighted by Gasteiger charge is -2.20. The van der Waals surface area contributed by atoms with Crippen LogP contribution in [-0.4, -0.2) is 26.7 Å². The smallest absolute Gasteiger partial charge is 0.229 e. The number of nitrogens with zero attached hydrogens (tertiary/aromatic N) is 4. The lowest BCUT2D eigenvalue weighted by atomic mass is 9.85. The van der Waals surface area contributed by atoms with E-state index in [4.69, 9.17) is 9.05 Å². The molecule has 2 aromatic heterocycles. The van der Waals surface area contributed by atoms with Crippen molar-refractivity contribution in [2.45, 2.75) is 52.1 Å². The van der Waals surface area contributed by atoms with Crippen molar-refractivity contribution < 1.29 is 9.05 Å². The van der Waals surface area contributed by atoms with E-state index in [0.717, 1.165) is 29.7 Å². The minimum absolute atomic E-state index is 0.489. The molecule has 0 aromatic carbocycles. The molecule has 108 valence electrons. The number of aromatic nitrogens is 3. The average molecular weight is 276 g/mol. The average Bonchev–Trinajstić information content (AvgIpc) is 2.96. The Labute approximate surface area is 118 Å². The Morgan fingerprint density at radius 1 is 1.25 bits per heavy atom. The largest absolute Gasteiger partial charge is 0.360 e. The van der Waals surface area contributed by atoms with Crippen molar-refractivity contribution >= 4 is 0 Å². The van der Waals surface area contributed by atoms with Crippen LogP contribution in [0.5, 0.6) is 0 Å². The molecule has 6 heteroatoms. The van der Waals surface area contributed by atoms with Crippen molar-refractivity contribution in [3.8, 4) is 0 Å². The van der Waals surface area contributed by atoms with Crippen LogP contribution in [0.3, 0.4) is 0 Å². The van der Waals surface area contributed by atoms with Crippen molar-refractivity contribution in [1.82, 2.24) is 20.2 Å². The topological polar surface area (TPSA) is 68.2 Å². The number of hydrogen-bond acceptors (Lipinski definition) is 6. The highest BCUT2D eigenvalue weighted by Crippen LogP contribution is 2.35. The molecular formula is C14H20N4O2. The van der Waals surface area contributed by atoms with Crippen LogP contribution in [0.1, 0.15) is 55.3 Å². The first-order valence-corrected chi connectivity index (χ1v) is 7.21. The summed E-state index contributed by atoms with van der Waals surface area (Å²) in [4.78, 5) is 6.70. The van der Waals surface area contributed by atoms with Crippen LogP contribution in [-0.2, 0) is 13.1 Å². The summed E-state index contributed by atoms with van der Waals surface area (Å²) in [5, 5.41) is 7.99. The molecule has 20 heavy (non-hydrogen) atoms. The van der Waals surface area contributed by atoms with Crippen LogP contribution in [0.2, 0.25) is 0 Å². The minimum Gasteiger partial charge on any atom is -0.360 e. The van der Waals surface area contributed by atoms with E-state index in [1.54, 1.807) is 0 Å². The molecule has 2 heterocycles. The van der Waals surface area contributed by atoms with Crippen molar-refractivity contribution in [1.29, 1.82) is 0 Å². The summed E-state index contributed by atoms with van der Waals surface area (Å²) in [6.45, 7) is 6.31. The quantitative estimate of drug-likeness (QED) is 0.808. The summed E-state index contributed by atoms with van der Waals surface area (Å²) in [6, 6.07) is 1.96. The predicted octanol–water partition coefficient (Wildman–Crippen LogP) is 2.66. The molecule has 0 aliphatic heterocycles. The monoisotopic (exact) mass is 276 g/mol. The summed E-state index contributed by atoms with van der Waals surface area (Å²) < 4.78 is 10.6. The maximum absolute atomic E-state index is 5.34. The van der Waals surface area contributed by atoms with Gasteiger partial charge in [0.2, 0.25) is 5.89 Å². The second-order valence-electron chi connectivity index (χ2n) is 5.41. The third kappa shape index (κ3) is 2.90. The Balaban J connectivity index is 1.60. The van der Waals surface area contributed by atoms with E-state index >= 15 is 0 Å². The Kier molecular flexibility index (Phi) is 3.82. The van der Waals surface area contributed by atoms with Crippen LogP contribution in [0, 0.1) is 6.92 Å². The highest BCUT2D eigenvalue weighted by Gasteiger charge is 2.25. The number of aryl methyl sites for hydroxylation is 1. The minimum atomic E-state index is 0.489. The van der Waals surface area contributed by atoms with Crippen LogP contribution in [0.25, 0.3) is 0 Å². The second kappa shape index (κ2) is 5.75. The van der Waals surface area contributed by atoms with Crippen molar-refractivity contribution in [3.63, 3.8) is 0 Å². The molecule has 0 bridgehead atoms. The molecular weight excluding hydrogens is 256 g/mol. The Bertz CT molecular complexity index is 559. The molecule has 3 rings (SSSR count). The van der Waals surface area contributed by atoms with Gasteiger partial charge in [-0.1, -0.05) is 23.7 Å². The van der Waals surface area contributed by atoms with Gasteiger partial charge < -0.3 is 9.05 Å². The number of hydrogen-bond donors (Lipinski definition) is 0. The summed E-state index contributed by atoms with van der Waals surface area (Å²) in [5.41, 5.74) is 0.905. The van der Waals surface area contributed by atoms with Crippen LogP contribution in [0.15, 0.2) is 15.1 Å². The normalized spacial score (nSPS) is 15.8. The van der Waals surface area contributed by atoms with E-state index in [-0.39, 0.29) is 0 Å². The van der Waals surface area contributed by atoms with Crippen molar-refractivity contribution in [2.75, 3.05) is 6.54 Å². The van der Waals surface area contributed by atoms with Gasteiger partial charge in [-0.25, -0.2) is 0 Å². The van der Waals surface area contributed by atoms with Gasteiger partial charge in [-0.2, -0.15) is 4.98 Å². The van der Waals surface area contributed by atoms with E-state index in [0.29, 0.717) is 19.0 Å². The molecule has 1 saturated carbocycles. The lowest BCUT2D eigenvalue weighted by Crippen LogP contribution is -2.22. The van der Waals surface area contributed by atoms with E-state index in [2.05, 4.69) is 27.1 Å². The fourth-order valence-electron chi connectivity index (χ4n) is 2.34. The third-order valence-corrected chi connectivity index (χ3v) is 3.81. The molecule has 1 aliphatic carbocycles. The van der Waals surface area contributed by atoms with E-state index in [1.807, 2.05) is 13.0 Å². The first-order chi connectivity index (χ1) is 9.74. The molecule has 0 amide bonds. The molecule has 1 aliphatic rings. The molecule has 0 saturated heterocycles. The Hall–Kier alpha value is -1.69. The van der Waals surface area contributed by atoms with Gasteiger partial charge in [-0.05, 0) is 26.3 Å². The molecule has 0 spiro atoms. The number of rotatable bonds is 6. The molecule has 1 fully saturated rings.